The van der Waals surface area contributed by atoms with Crippen LogP contribution < -0.4 is 0 Å². The van der Waals surface area contributed by atoms with E-state index in [-0.39, 0.29) is 6.29 Å². The van der Waals surface area contributed by atoms with Crippen molar-refractivity contribution in [2.75, 3.05) is 32.8 Å². The maximum absolute atomic E-state index is 9.39. The fourth-order valence-electron chi connectivity index (χ4n) is 1.90. The van der Waals surface area contributed by atoms with Crippen LogP contribution in [-0.4, -0.2) is 66.5 Å². The number of ether oxygens (including phenoxy) is 2. The van der Waals surface area contributed by atoms with Crippen LogP contribution in [0.25, 0.3) is 0 Å². The Morgan fingerprint density at radius 2 is 1.62 bits per heavy atom. The molecule has 96 valence electrons. The van der Waals surface area contributed by atoms with Crippen molar-refractivity contribution in [2.24, 2.45) is 0 Å². The maximum Gasteiger partial charge on any atom is 0.158 e. The van der Waals surface area contributed by atoms with Crippen molar-refractivity contribution in [3.8, 4) is 0 Å². The van der Waals surface area contributed by atoms with Crippen molar-refractivity contribution >= 4 is 0 Å². The van der Waals surface area contributed by atoms with Crippen LogP contribution in [0.2, 0.25) is 0 Å². The predicted octanol–water partition coefficient (Wildman–Crippen LogP) is -0.187. The van der Waals surface area contributed by atoms with Gasteiger partial charge in [-0.1, -0.05) is 0 Å². The second-order valence-corrected chi connectivity index (χ2v) is 4.02. The Morgan fingerprint density at radius 3 is 2.06 bits per heavy atom. The fraction of sp³-hybridized carbons (Fsp3) is 1.00. The van der Waals surface area contributed by atoms with Crippen LogP contribution in [0.1, 0.15) is 20.3 Å². The van der Waals surface area contributed by atoms with Gasteiger partial charge in [-0.05, 0) is 13.8 Å². The van der Waals surface area contributed by atoms with Crippen molar-refractivity contribution in [3.63, 3.8) is 0 Å². The minimum atomic E-state index is -0.613. The van der Waals surface area contributed by atoms with Crippen LogP contribution in [0.4, 0.5) is 0 Å². The summed E-state index contributed by atoms with van der Waals surface area (Å²) in [6.45, 7) is 6.99. The summed E-state index contributed by atoms with van der Waals surface area (Å²) in [6, 6.07) is 0. The SMILES string of the molecule is CCOC(CCN1C[C@@H](O)[C@@H](O)C1)OCC. The average Bonchev–Trinajstić information content (AvgIpc) is 2.56. The molecule has 0 unspecified atom stereocenters. The van der Waals surface area contributed by atoms with Gasteiger partial charge in [0.05, 0.1) is 12.2 Å². The molecule has 0 aromatic rings. The van der Waals surface area contributed by atoms with Crippen LogP contribution >= 0.6 is 0 Å². The molecule has 0 spiro atoms. The van der Waals surface area contributed by atoms with E-state index in [2.05, 4.69) is 0 Å². The van der Waals surface area contributed by atoms with Crippen molar-refractivity contribution in [3.05, 3.63) is 0 Å². The molecule has 1 saturated heterocycles. The van der Waals surface area contributed by atoms with Gasteiger partial charge in [-0.25, -0.2) is 0 Å². The summed E-state index contributed by atoms with van der Waals surface area (Å²) in [5.74, 6) is 0. The molecule has 2 N–H and O–H groups in total. The molecule has 1 aliphatic heterocycles. The normalized spacial score (nSPS) is 26.8. The molecule has 0 saturated carbocycles. The lowest BCUT2D eigenvalue weighted by Crippen LogP contribution is -2.28. The molecule has 0 aromatic carbocycles. The van der Waals surface area contributed by atoms with E-state index in [4.69, 9.17) is 9.47 Å². The molecular weight excluding hydrogens is 210 g/mol. The molecular formula is C11H23NO4. The summed E-state index contributed by atoms with van der Waals surface area (Å²) in [5.41, 5.74) is 0. The van der Waals surface area contributed by atoms with Gasteiger partial charge < -0.3 is 19.7 Å². The third kappa shape index (κ3) is 4.35. The first-order valence-electron chi connectivity index (χ1n) is 5.99. The highest BCUT2D eigenvalue weighted by molar-refractivity contribution is 4.82. The number of aliphatic hydroxyl groups excluding tert-OH is 2. The standard InChI is InChI=1S/C11H23NO4/c1-3-15-11(16-4-2)5-6-12-7-9(13)10(14)8-12/h9-11,13-14H,3-8H2,1-2H3/t9-,10+. The number of β-amino-alcohol motifs (C(OH)–C–C–N with tert-alkyl or cyclic N) is 2. The number of rotatable bonds is 7. The second kappa shape index (κ2) is 7.19. The first kappa shape index (κ1) is 13.9. The highest BCUT2D eigenvalue weighted by Gasteiger charge is 2.29. The zero-order valence-corrected chi connectivity index (χ0v) is 10.1. The van der Waals surface area contributed by atoms with Gasteiger partial charge >= 0.3 is 0 Å². The highest BCUT2D eigenvalue weighted by atomic mass is 16.7. The van der Waals surface area contributed by atoms with Gasteiger partial charge in [0, 0.05) is 39.3 Å². The van der Waals surface area contributed by atoms with Crippen molar-refractivity contribution in [1.29, 1.82) is 0 Å². The van der Waals surface area contributed by atoms with Gasteiger partial charge in [-0.2, -0.15) is 0 Å². The topological polar surface area (TPSA) is 62.2 Å². The molecule has 5 nitrogen and oxygen atoms in total. The number of likely N-dealkylation sites (tertiary alicyclic amines) is 1. The summed E-state index contributed by atoms with van der Waals surface area (Å²) in [7, 11) is 0. The van der Waals surface area contributed by atoms with E-state index in [1.165, 1.54) is 0 Å². The monoisotopic (exact) mass is 233 g/mol. The molecule has 0 aromatic heterocycles. The molecule has 1 fully saturated rings. The Bertz CT molecular complexity index is 173. The molecule has 2 atom stereocenters. The zero-order chi connectivity index (χ0) is 12.0. The third-order valence-corrected chi connectivity index (χ3v) is 2.72. The molecule has 1 aliphatic rings. The summed E-state index contributed by atoms with van der Waals surface area (Å²) >= 11 is 0. The van der Waals surface area contributed by atoms with Gasteiger partial charge in [0.15, 0.2) is 6.29 Å². The smallest absolute Gasteiger partial charge is 0.158 e. The van der Waals surface area contributed by atoms with Gasteiger partial charge in [0.2, 0.25) is 0 Å². The Labute approximate surface area is 97.0 Å². The molecule has 5 heteroatoms. The Morgan fingerprint density at radius 1 is 1.12 bits per heavy atom. The summed E-state index contributed by atoms with van der Waals surface area (Å²) < 4.78 is 10.8. The molecule has 0 bridgehead atoms. The van der Waals surface area contributed by atoms with E-state index >= 15 is 0 Å². The number of hydrogen-bond donors (Lipinski definition) is 2. The molecule has 0 radical (unpaired) electrons. The minimum Gasteiger partial charge on any atom is -0.389 e. The second-order valence-electron chi connectivity index (χ2n) is 4.02. The van der Waals surface area contributed by atoms with E-state index in [1.807, 2.05) is 18.7 Å². The summed E-state index contributed by atoms with van der Waals surface area (Å²) in [6.07, 6.45) is -0.638. The summed E-state index contributed by atoms with van der Waals surface area (Å²) in [5, 5.41) is 18.8. The van der Waals surface area contributed by atoms with Crippen molar-refractivity contribution < 1.29 is 19.7 Å². The predicted molar refractivity (Wildman–Crippen MR) is 60.1 cm³/mol. The third-order valence-electron chi connectivity index (χ3n) is 2.72. The van der Waals surface area contributed by atoms with Crippen molar-refractivity contribution in [1.82, 2.24) is 4.90 Å². The minimum absolute atomic E-state index is 0.176. The van der Waals surface area contributed by atoms with Crippen LogP contribution in [0.5, 0.6) is 0 Å². The lowest BCUT2D eigenvalue weighted by molar-refractivity contribution is -0.141. The first-order valence-corrected chi connectivity index (χ1v) is 5.99. The van der Waals surface area contributed by atoms with E-state index in [9.17, 15) is 10.2 Å². The van der Waals surface area contributed by atoms with E-state index in [0.717, 1.165) is 13.0 Å². The molecule has 1 heterocycles. The lowest BCUT2D eigenvalue weighted by atomic mass is 10.3. The van der Waals surface area contributed by atoms with Gasteiger partial charge in [-0.3, -0.25) is 4.90 Å². The lowest BCUT2D eigenvalue weighted by Gasteiger charge is -2.20. The van der Waals surface area contributed by atoms with Crippen LogP contribution in [-0.2, 0) is 9.47 Å². The Hall–Kier alpha value is -0.200. The molecule has 0 amide bonds. The largest absolute Gasteiger partial charge is 0.389 e. The Kier molecular flexibility index (Phi) is 6.23. The van der Waals surface area contributed by atoms with Crippen LogP contribution in [0, 0.1) is 0 Å². The van der Waals surface area contributed by atoms with Gasteiger partial charge in [0.1, 0.15) is 0 Å². The fourth-order valence-corrected chi connectivity index (χ4v) is 1.90. The van der Waals surface area contributed by atoms with E-state index in [0.29, 0.717) is 26.3 Å². The quantitative estimate of drug-likeness (QED) is 0.597. The molecule has 1 rings (SSSR count). The van der Waals surface area contributed by atoms with Crippen LogP contribution in [0.3, 0.4) is 0 Å². The number of aliphatic hydroxyl groups is 2. The van der Waals surface area contributed by atoms with Gasteiger partial charge in [-0.15, -0.1) is 0 Å². The first-order chi connectivity index (χ1) is 7.67. The van der Waals surface area contributed by atoms with Crippen LogP contribution in [0.15, 0.2) is 0 Å². The molecule has 0 aliphatic carbocycles. The number of hydrogen-bond acceptors (Lipinski definition) is 5. The average molecular weight is 233 g/mol. The molecule has 16 heavy (non-hydrogen) atoms. The van der Waals surface area contributed by atoms with E-state index in [1.54, 1.807) is 0 Å². The maximum atomic E-state index is 9.39. The highest BCUT2D eigenvalue weighted by Crippen LogP contribution is 2.12. The zero-order valence-electron chi connectivity index (χ0n) is 10.1. The number of nitrogens with zero attached hydrogens (tertiary/aromatic N) is 1. The Balaban J connectivity index is 2.21. The van der Waals surface area contributed by atoms with Crippen molar-refractivity contribution in [2.45, 2.75) is 38.8 Å². The van der Waals surface area contributed by atoms with Gasteiger partial charge in [0.25, 0.3) is 0 Å². The summed E-state index contributed by atoms with van der Waals surface area (Å²) in [4.78, 5) is 2.03. The van der Waals surface area contributed by atoms with E-state index < -0.39 is 12.2 Å².